The number of aromatic nitrogens is 1. The fourth-order valence-corrected chi connectivity index (χ4v) is 3.75. The van der Waals surface area contributed by atoms with Gasteiger partial charge in [-0.05, 0) is 44.5 Å². The second-order valence-corrected chi connectivity index (χ2v) is 6.70. The van der Waals surface area contributed by atoms with Crippen LogP contribution in [0.4, 0.5) is 11.4 Å². The molecule has 2 aromatic heterocycles. The normalized spacial score (nSPS) is 10.8. The van der Waals surface area contributed by atoms with Crippen LogP contribution in [0.3, 0.4) is 0 Å². The molecule has 0 aliphatic heterocycles. The number of amides is 1. The van der Waals surface area contributed by atoms with Crippen LogP contribution in [0.25, 0.3) is 10.2 Å². The Morgan fingerprint density at radius 2 is 1.96 bits per heavy atom. The van der Waals surface area contributed by atoms with E-state index >= 15 is 0 Å². The summed E-state index contributed by atoms with van der Waals surface area (Å²) in [4.78, 5) is 29.7. The first-order chi connectivity index (χ1) is 11.4. The highest BCUT2D eigenvalue weighted by molar-refractivity contribution is 7.21. The second kappa shape index (κ2) is 6.05. The van der Waals surface area contributed by atoms with E-state index < -0.39 is 0 Å². The first-order valence-electron chi connectivity index (χ1n) is 7.45. The zero-order valence-electron chi connectivity index (χ0n) is 13.6. The number of aryl methyl sites for hydroxylation is 2. The molecule has 3 rings (SSSR count). The molecule has 0 saturated carbocycles. The number of carbonyl (C=O) groups excluding carboxylic acids is 2. The van der Waals surface area contributed by atoms with Crippen LogP contribution in [0.15, 0.2) is 30.3 Å². The van der Waals surface area contributed by atoms with Crippen molar-refractivity contribution in [3.05, 3.63) is 52.0 Å². The number of nitrogen functional groups attached to an aromatic ring is 1. The number of benzene rings is 1. The number of anilines is 2. The third kappa shape index (κ3) is 2.88. The van der Waals surface area contributed by atoms with Crippen molar-refractivity contribution in [1.29, 1.82) is 0 Å². The first-order valence-corrected chi connectivity index (χ1v) is 8.27. The largest absolute Gasteiger partial charge is 0.397 e. The van der Waals surface area contributed by atoms with Crippen molar-refractivity contribution in [2.75, 3.05) is 11.1 Å². The van der Waals surface area contributed by atoms with Crippen LogP contribution in [0, 0.1) is 13.8 Å². The highest BCUT2D eigenvalue weighted by Crippen LogP contribution is 2.35. The molecule has 0 atom stereocenters. The number of rotatable bonds is 3. The lowest BCUT2D eigenvalue weighted by molar-refractivity contribution is 0.101. The van der Waals surface area contributed by atoms with E-state index in [9.17, 15) is 9.59 Å². The monoisotopic (exact) mass is 339 g/mol. The molecule has 3 N–H and O–H groups in total. The van der Waals surface area contributed by atoms with Crippen molar-refractivity contribution < 1.29 is 9.59 Å². The van der Waals surface area contributed by atoms with Gasteiger partial charge >= 0.3 is 0 Å². The summed E-state index contributed by atoms with van der Waals surface area (Å²) in [6, 6.07) is 8.78. The maximum absolute atomic E-state index is 12.6. The molecule has 5 nitrogen and oxygen atoms in total. The van der Waals surface area contributed by atoms with Crippen molar-refractivity contribution in [1.82, 2.24) is 4.98 Å². The van der Waals surface area contributed by atoms with Gasteiger partial charge in [0, 0.05) is 22.3 Å². The van der Waals surface area contributed by atoms with Gasteiger partial charge < -0.3 is 11.1 Å². The smallest absolute Gasteiger partial charge is 0.267 e. The number of Topliss-reactive ketones (excluding diaryl/α,β-unsaturated/α-hetero) is 1. The van der Waals surface area contributed by atoms with Gasteiger partial charge in [-0.1, -0.05) is 12.1 Å². The van der Waals surface area contributed by atoms with E-state index in [1.165, 1.54) is 18.3 Å². The standard InChI is InChI=1S/C18H17N3O2S/c1-9-7-10(2)20-18-14(9)15(19)16(24-18)17(23)21-13-6-4-5-12(8-13)11(3)22/h4-8H,19H2,1-3H3,(H,21,23). The van der Waals surface area contributed by atoms with Crippen molar-refractivity contribution in [2.45, 2.75) is 20.8 Å². The number of hydrogen-bond donors (Lipinski definition) is 2. The Labute approximate surface area is 143 Å². The first kappa shape index (κ1) is 16.1. The Hall–Kier alpha value is -2.73. The average Bonchev–Trinajstić information content (AvgIpc) is 2.84. The second-order valence-electron chi connectivity index (χ2n) is 5.70. The SMILES string of the molecule is CC(=O)c1cccc(NC(=O)c2sc3nc(C)cc(C)c3c2N)c1. The van der Waals surface area contributed by atoms with Gasteiger partial charge in [0.1, 0.15) is 9.71 Å². The number of hydrogen-bond acceptors (Lipinski definition) is 5. The Balaban J connectivity index is 1.97. The lowest BCUT2D eigenvalue weighted by Crippen LogP contribution is -2.12. The molecule has 0 bridgehead atoms. The maximum Gasteiger partial charge on any atom is 0.267 e. The Morgan fingerprint density at radius 3 is 2.67 bits per heavy atom. The van der Waals surface area contributed by atoms with E-state index in [-0.39, 0.29) is 11.7 Å². The van der Waals surface area contributed by atoms with Gasteiger partial charge in [0.05, 0.1) is 5.69 Å². The van der Waals surface area contributed by atoms with Crippen molar-refractivity contribution in [3.8, 4) is 0 Å². The Bertz CT molecular complexity index is 976. The zero-order valence-corrected chi connectivity index (χ0v) is 14.5. The molecule has 1 amide bonds. The van der Waals surface area contributed by atoms with Crippen LogP contribution in [0.2, 0.25) is 0 Å². The Kier molecular flexibility index (Phi) is 4.07. The fourth-order valence-electron chi connectivity index (χ4n) is 2.64. The van der Waals surface area contributed by atoms with Gasteiger partial charge in [-0.3, -0.25) is 9.59 Å². The highest BCUT2D eigenvalue weighted by Gasteiger charge is 2.19. The van der Waals surface area contributed by atoms with E-state index in [2.05, 4.69) is 10.3 Å². The molecular formula is C18H17N3O2S. The van der Waals surface area contributed by atoms with Crippen LogP contribution in [-0.4, -0.2) is 16.7 Å². The molecule has 3 aromatic rings. The molecule has 0 aliphatic rings. The molecule has 2 heterocycles. The lowest BCUT2D eigenvalue weighted by atomic mass is 10.1. The van der Waals surface area contributed by atoms with Gasteiger partial charge in [0.15, 0.2) is 5.78 Å². The number of nitrogens with one attached hydrogen (secondary N) is 1. The summed E-state index contributed by atoms with van der Waals surface area (Å²) in [6.07, 6.45) is 0. The summed E-state index contributed by atoms with van der Waals surface area (Å²) in [7, 11) is 0. The number of pyridine rings is 1. The third-order valence-corrected chi connectivity index (χ3v) is 4.86. The van der Waals surface area contributed by atoms with Crippen molar-refractivity contribution in [2.24, 2.45) is 0 Å². The van der Waals surface area contributed by atoms with E-state index in [1.54, 1.807) is 24.3 Å². The number of thiophene rings is 1. The molecular weight excluding hydrogens is 322 g/mol. The number of fused-ring (bicyclic) bond motifs is 1. The van der Waals surface area contributed by atoms with Crippen molar-refractivity contribution in [3.63, 3.8) is 0 Å². The molecule has 0 spiro atoms. The topological polar surface area (TPSA) is 85.1 Å². The number of nitrogens with two attached hydrogens (primary N) is 1. The number of ketones is 1. The van der Waals surface area contributed by atoms with Crippen LogP contribution in [0.5, 0.6) is 0 Å². The van der Waals surface area contributed by atoms with Crippen LogP contribution in [0.1, 0.15) is 38.2 Å². The Morgan fingerprint density at radius 1 is 1.21 bits per heavy atom. The summed E-state index contributed by atoms with van der Waals surface area (Å²) in [5.74, 6) is -0.351. The molecule has 1 aromatic carbocycles. The van der Waals surface area contributed by atoms with Crippen LogP contribution < -0.4 is 11.1 Å². The van der Waals surface area contributed by atoms with Gasteiger partial charge in [-0.2, -0.15) is 0 Å². The summed E-state index contributed by atoms with van der Waals surface area (Å²) in [5, 5.41) is 3.63. The predicted molar refractivity (Wildman–Crippen MR) is 97.9 cm³/mol. The van der Waals surface area contributed by atoms with Gasteiger partial charge in [0.25, 0.3) is 5.91 Å². The van der Waals surface area contributed by atoms with E-state index in [0.29, 0.717) is 21.8 Å². The maximum atomic E-state index is 12.6. The minimum Gasteiger partial charge on any atom is -0.397 e. The summed E-state index contributed by atoms with van der Waals surface area (Å²) in [6.45, 7) is 5.36. The molecule has 24 heavy (non-hydrogen) atoms. The fraction of sp³-hybridized carbons (Fsp3) is 0.167. The third-order valence-electron chi connectivity index (χ3n) is 3.76. The van der Waals surface area contributed by atoms with Crippen molar-refractivity contribution >= 4 is 44.6 Å². The van der Waals surface area contributed by atoms with E-state index in [4.69, 9.17) is 5.73 Å². The molecule has 0 saturated heterocycles. The van der Waals surface area contributed by atoms with E-state index in [0.717, 1.165) is 21.5 Å². The van der Waals surface area contributed by atoms with Gasteiger partial charge in [-0.15, -0.1) is 11.3 Å². The molecule has 0 radical (unpaired) electrons. The van der Waals surface area contributed by atoms with Gasteiger partial charge in [-0.25, -0.2) is 4.98 Å². The number of nitrogens with zero attached hydrogens (tertiary/aromatic N) is 1. The van der Waals surface area contributed by atoms with E-state index in [1.807, 2.05) is 19.9 Å². The minimum absolute atomic E-state index is 0.0530. The van der Waals surface area contributed by atoms with Crippen LogP contribution in [-0.2, 0) is 0 Å². The highest BCUT2D eigenvalue weighted by atomic mass is 32.1. The molecule has 0 aliphatic carbocycles. The zero-order chi connectivity index (χ0) is 17.4. The minimum atomic E-state index is -0.298. The quantitative estimate of drug-likeness (QED) is 0.708. The van der Waals surface area contributed by atoms with Gasteiger partial charge in [0.2, 0.25) is 0 Å². The summed E-state index contributed by atoms with van der Waals surface area (Å²) >= 11 is 1.27. The molecule has 6 heteroatoms. The predicted octanol–water partition coefficient (Wildman–Crippen LogP) is 3.95. The average molecular weight is 339 g/mol. The lowest BCUT2D eigenvalue weighted by Gasteiger charge is -2.06. The summed E-state index contributed by atoms with van der Waals surface area (Å²) < 4.78 is 0. The van der Waals surface area contributed by atoms with Crippen LogP contribution >= 0.6 is 11.3 Å². The molecule has 122 valence electrons. The summed E-state index contributed by atoms with van der Waals surface area (Å²) in [5.41, 5.74) is 9.62. The molecule has 0 unspecified atom stereocenters. The number of carbonyl (C=O) groups is 2. The molecule has 0 fully saturated rings.